The van der Waals surface area contributed by atoms with Crippen molar-refractivity contribution in [1.29, 1.82) is 0 Å². The van der Waals surface area contributed by atoms with Crippen molar-refractivity contribution in [2.75, 3.05) is 10.6 Å². The number of hydrogen-bond acceptors (Lipinski definition) is 9. The molecule has 2 aromatic carbocycles. The van der Waals surface area contributed by atoms with E-state index < -0.39 is 104 Å². The van der Waals surface area contributed by atoms with E-state index in [0.717, 1.165) is 0 Å². The number of carbonyl (C=O) groups excluding carboxylic acids is 3. The molecule has 6 amide bonds. The average Bonchev–Trinajstić information content (AvgIpc) is 3.05. The number of aliphatic carboxylic acids is 6. The zero-order valence-corrected chi connectivity index (χ0v) is 27.0. The normalized spacial score (nSPS) is 12.8. The molecule has 0 heterocycles. The Morgan fingerprint density at radius 1 is 0.423 bits per heavy atom. The molecule has 4 atom stereocenters. The third kappa shape index (κ3) is 15.1. The van der Waals surface area contributed by atoms with E-state index in [1.165, 1.54) is 48.5 Å². The molecule has 0 aliphatic heterocycles. The number of anilines is 2. The van der Waals surface area contributed by atoms with Gasteiger partial charge in [-0.25, -0.2) is 33.6 Å². The van der Waals surface area contributed by atoms with Crippen LogP contribution in [-0.4, -0.2) is 109 Å². The van der Waals surface area contributed by atoms with Gasteiger partial charge in [0.15, 0.2) is 0 Å². The highest BCUT2D eigenvalue weighted by Crippen LogP contribution is 2.15. The van der Waals surface area contributed by atoms with Gasteiger partial charge < -0.3 is 62.5 Å². The van der Waals surface area contributed by atoms with E-state index in [1.807, 2.05) is 10.6 Å². The fourth-order valence-electron chi connectivity index (χ4n) is 4.38. The van der Waals surface area contributed by atoms with Crippen LogP contribution >= 0.6 is 0 Å². The molecule has 0 fully saturated rings. The number of amides is 6. The predicted molar refractivity (Wildman–Crippen MR) is 176 cm³/mol. The molecule has 0 saturated carbocycles. The number of urea groups is 3. The fraction of sp³-hybridized carbons (Fsp3) is 0.323. The molecule has 12 N–H and O–H groups in total. The summed E-state index contributed by atoms with van der Waals surface area (Å²) in [6, 6.07) is 2.63. The second kappa shape index (κ2) is 19.9. The summed E-state index contributed by atoms with van der Waals surface area (Å²) < 4.78 is 0. The summed E-state index contributed by atoms with van der Waals surface area (Å²) in [5.74, 6) is -8.42. The molecule has 0 bridgehead atoms. The minimum atomic E-state index is -1.56. The van der Waals surface area contributed by atoms with Gasteiger partial charge in [-0.3, -0.25) is 9.59 Å². The van der Waals surface area contributed by atoms with Crippen molar-refractivity contribution in [1.82, 2.24) is 21.3 Å². The highest BCUT2D eigenvalue weighted by molar-refractivity contribution is 5.99. The summed E-state index contributed by atoms with van der Waals surface area (Å²) in [7, 11) is 0. The van der Waals surface area contributed by atoms with Crippen molar-refractivity contribution < 1.29 is 73.8 Å². The standard InChI is InChI=1S/C31H36N6O15/c38-23(39)11-9-19(25(42)43)34-30(51)36-21(27(46)47)13-15-1-5-17(6-2-15)32-29(50)33-18-7-3-16(4-8-18)14-22(28(48)49)37-31(52)35-20(26(44)45)10-12-24(40)41/h1-8,19-22H,9-14H2,(H,38,39)(H,40,41)(H,42,43)(H,44,45)(H,46,47)(H,48,49)(H2,32,33,50)(H2,34,36,51)(H2,35,37,52)/t19-,20?,21-,22?/m0/s1. The van der Waals surface area contributed by atoms with Crippen molar-refractivity contribution in [3.8, 4) is 0 Å². The van der Waals surface area contributed by atoms with Gasteiger partial charge in [0.05, 0.1) is 0 Å². The Kier molecular flexibility index (Phi) is 15.8. The summed E-state index contributed by atoms with van der Waals surface area (Å²) in [5.41, 5.74) is 1.42. The number of carboxylic acid groups (broad SMARTS) is 6. The van der Waals surface area contributed by atoms with Crippen molar-refractivity contribution >= 4 is 65.3 Å². The Bertz CT molecular complexity index is 1530. The van der Waals surface area contributed by atoms with E-state index >= 15 is 0 Å². The van der Waals surface area contributed by atoms with Gasteiger partial charge in [0.25, 0.3) is 0 Å². The minimum Gasteiger partial charge on any atom is -0.481 e. The average molecular weight is 733 g/mol. The van der Waals surface area contributed by atoms with Crippen molar-refractivity contribution in [2.24, 2.45) is 0 Å². The molecule has 2 unspecified atom stereocenters. The summed E-state index contributed by atoms with van der Waals surface area (Å²) >= 11 is 0. The highest BCUT2D eigenvalue weighted by Gasteiger charge is 2.27. The number of hydrogen-bond donors (Lipinski definition) is 12. The van der Waals surface area contributed by atoms with Gasteiger partial charge >= 0.3 is 53.9 Å². The van der Waals surface area contributed by atoms with E-state index in [9.17, 15) is 63.6 Å². The molecule has 0 radical (unpaired) electrons. The molecule has 0 aliphatic rings. The summed E-state index contributed by atoms with van der Waals surface area (Å²) in [6.45, 7) is 0. The molecule has 0 aliphatic carbocycles. The molecule has 0 aromatic heterocycles. The van der Waals surface area contributed by atoms with Crippen LogP contribution in [0.1, 0.15) is 36.8 Å². The monoisotopic (exact) mass is 732 g/mol. The lowest BCUT2D eigenvalue weighted by atomic mass is 10.1. The van der Waals surface area contributed by atoms with E-state index in [0.29, 0.717) is 22.5 Å². The first-order chi connectivity index (χ1) is 24.4. The molecule has 0 spiro atoms. The summed E-state index contributed by atoms with van der Waals surface area (Å²) in [5, 5.41) is 68.3. The SMILES string of the molecule is O=C(O)CCC(NC(=O)NC(Cc1ccc(NC(=O)Nc2ccc(C[C@H](NC(=O)N[C@@H](CCC(=O)O)C(=O)O)C(=O)O)cc2)cc1)C(=O)O)C(=O)O. The van der Waals surface area contributed by atoms with Crippen LogP contribution in [0.4, 0.5) is 25.8 Å². The lowest BCUT2D eigenvalue weighted by Crippen LogP contribution is -2.51. The smallest absolute Gasteiger partial charge is 0.326 e. The van der Waals surface area contributed by atoms with Gasteiger partial charge in [0, 0.05) is 37.1 Å². The number of benzene rings is 2. The summed E-state index contributed by atoms with van der Waals surface area (Å²) in [6.07, 6.45) is -2.38. The topological polar surface area (TPSA) is 347 Å². The first-order valence-electron chi connectivity index (χ1n) is 15.2. The van der Waals surface area contributed by atoms with Crippen molar-refractivity contribution in [3.63, 3.8) is 0 Å². The molecule has 2 rings (SSSR count). The quantitative estimate of drug-likeness (QED) is 0.0884. The Morgan fingerprint density at radius 3 is 0.981 bits per heavy atom. The second-order valence-electron chi connectivity index (χ2n) is 11.0. The number of nitrogens with one attached hydrogen (secondary N) is 6. The van der Waals surface area contributed by atoms with Crippen LogP contribution in [-0.2, 0) is 41.6 Å². The van der Waals surface area contributed by atoms with Crippen LogP contribution in [0.15, 0.2) is 48.5 Å². The molecular weight excluding hydrogens is 696 g/mol. The van der Waals surface area contributed by atoms with Crippen LogP contribution in [0.5, 0.6) is 0 Å². The van der Waals surface area contributed by atoms with Gasteiger partial charge in [0.2, 0.25) is 0 Å². The van der Waals surface area contributed by atoms with Crippen LogP contribution < -0.4 is 31.9 Å². The fourth-order valence-corrected chi connectivity index (χ4v) is 4.38. The number of rotatable bonds is 20. The maximum Gasteiger partial charge on any atom is 0.326 e. The number of carbonyl (C=O) groups is 9. The van der Waals surface area contributed by atoms with Gasteiger partial charge in [-0.2, -0.15) is 0 Å². The molecule has 52 heavy (non-hydrogen) atoms. The third-order valence-corrected chi connectivity index (χ3v) is 7.01. The minimum absolute atomic E-state index is 0.229. The molecule has 2 aromatic rings. The van der Waals surface area contributed by atoms with E-state index in [2.05, 4.69) is 21.3 Å². The van der Waals surface area contributed by atoms with Gasteiger partial charge in [-0.15, -0.1) is 0 Å². The third-order valence-electron chi connectivity index (χ3n) is 7.01. The van der Waals surface area contributed by atoms with Crippen molar-refractivity contribution in [3.05, 3.63) is 59.7 Å². The molecule has 21 nitrogen and oxygen atoms in total. The van der Waals surface area contributed by atoms with Gasteiger partial charge in [-0.05, 0) is 48.2 Å². The lowest BCUT2D eigenvalue weighted by molar-refractivity contribution is -0.142. The molecule has 21 heteroatoms. The van der Waals surface area contributed by atoms with Crippen LogP contribution in [0, 0.1) is 0 Å². The summed E-state index contributed by atoms with van der Waals surface area (Å²) in [4.78, 5) is 104. The van der Waals surface area contributed by atoms with E-state index in [-0.39, 0.29) is 12.8 Å². The van der Waals surface area contributed by atoms with E-state index in [4.69, 9.17) is 10.2 Å². The number of carboxylic acids is 6. The largest absolute Gasteiger partial charge is 0.481 e. The Morgan fingerprint density at radius 2 is 0.712 bits per heavy atom. The van der Waals surface area contributed by atoms with Crippen molar-refractivity contribution in [2.45, 2.75) is 62.7 Å². The Hall–Kier alpha value is -6.93. The first-order valence-corrected chi connectivity index (χ1v) is 15.2. The van der Waals surface area contributed by atoms with Crippen LogP contribution in [0.2, 0.25) is 0 Å². The zero-order chi connectivity index (χ0) is 39.0. The molecule has 280 valence electrons. The first kappa shape index (κ1) is 41.2. The van der Waals surface area contributed by atoms with Crippen LogP contribution in [0.25, 0.3) is 0 Å². The van der Waals surface area contributed by atoms with Crippen LogP contribution in [0.3, 0.4) is 0 Å². The maximum atomic E-state index is 12.5. The molecule has 0 saturated heterocycles. The Balaban J connectivity index is 1.92. The second-order valence-corrected chi connectivity index (χ2v) is 11.0. The predicted octanol–water partition coefficient (Wildman–Crippen LogP) is 0.556. The molecular formula is C31H36N6O15. The van der Waals surface area contributed by atoms with Gasteiger partial charge in [0.1, 0.15) is 24.2 Å². The highest BCUT2D eigenvalue weighted by atomic mass is 16.4. The van der Waals surface area contributed by atoms with E-state index in [1.54, 1.807) is 0 Å². The maximum absolute atomic E-state index is 12.5. The lowest BCUT2D eigenvalue weighted by Gasteiger charge is -2.18. The van der Waals surface area contributed by atoms with Gasteiger partial charge in [-0.1, -0.05) is 24.3 Å². The Labute approximate surface area is 293 Å². The zero-order valence-electron chi connectivity index (χ0n) is 27.0.